The molecule has 0 aliphatic carbocycles. The molecule has 0 saturated heterocycles. The quantitative estimate of drug-likeness (QED) is 0.219. The molecular formula is C30H38N4O3. The predicted octanol–water partition coefficient (Wildman–Crippen LogP) is 6.08. The maximum absolute atomic E-state index is 13.1. The van der Waals surface area contributed by atoms with Crippen LogP contribution < -0.4 is 25.4 Å². The average molecular weight is 503 g/mol. The molecule has 0 radical (unpaired) electrons. The van der Waals surface area contributed by atoms with Gasteiger partial charge in [0.1, 0.15) is 24.7 Å². The Balaban J connectivity index is 1.97. The number of carbonyl (C=O) groups excluding carboxylic acids is 1. The summed E-state index contributed by atoms with van der Waals surface area (Å²) in [7, 11) is 0. The van der Waals surface area contributed by atoms with Crippen molar-refractivity contribution in [2.75, 3.05) is 18.4 Å². The fourth-order valence-electron chi connectivity index (χ4n) is 4.02. The Labute approximate surface area is 220 Å². The van der Waals surface area contributed by atoms with Gasteiger partial charge in [-0.05, 0) is 37.8 Å². The molecule has 0 aliphatic rings. The maximum atomic E-state index is 13.1. The fraction of sp³-hybridized carbons (Fsp3) is 0.333. The van der Waals surface area contributed by atoms with E-state index in [1.165, 1.54) is 0 Å². The second kappa shape index (κ2) is 14.5. The first-order valence-corrected chi connectivity index (χ1v) is 13.0. The van der Waals surface area contributed by atoms with Gasteiger partial charge in [-0.2, -0.15) is 0 Å². The van der Waals surface area contributed by atoms with Crippen molar-refractivity contribution in [3.63, 3.8) is 0 Å². The SMILES string of the molecule is CCN=C(NCC)NC(=O)Nc1c(CC)c(OCc2ccccc2)cc(OCc2ccccc2)c1CC. The van der Waals surface area contributed by atoms with Gasteiger partial charge in [0.05, 0.1) is 5.69 Å². The Morgan fingerprint density at radius 2 is 1.30 bits per heavy atom. The van der Waals surface area contributed by atoms with Crippen LogP contribution in [0.4, 0.5) is 10.5 Å². The predicted molar refractivity (Wildman–Crippen MR) is 151 cm³/mol. The average Bonchev–Trinajstić information content (AvgIpc) is 2.92. The van der Waals surface area contributed by atoms with Crippen LogP contribution in [-0.4, -0.2) is 25.1 Å². The van der Waals surface area contributed by atoms with Crippen LogP contribution in [0.3, 0.4) is 0 Å². The Bertz CT molecular complexity index is 1090. The number of hydrogen-bond donors (Lipinski definition) is 3. The lowest BCUT2D eigenvalue weighted by molar-refractivity contribution is 0.255. The molecule has 3 aromatic carbocycles. The van der Waals surface area contributed by atoms with Crippen LogP contribution in [0.5, 0.6) is 11.5 Å². The molecule has 0 aromatic heterocycles. The number of hydrogen-bond acceptors (Lipinski definition) is 4. The van der Waals surface area contributed by atoms with Crippen molar-refractivity contribution < 1.29 is 14.3 Å². The van der Waals surface area contributed by atoms with E-state index in [0.29, 0.717) is 62.3 Å². The molecule has 3 rings (SSSR count). The van der Waals surface area contributed by atoms with E-state index in [2.05, 4.69) is 34.8 Å². The number of nitrogens with one attached hydrogen (secondary N) is 3. The molecule has 3 aromatic rings. The number of aliphatic imine (C=N–C) groups is 1. The third kappa shape index (κ3) is 8.00. The molecule has 196 valence electrons. The summed E-state index contributed by atoms with van der Waals surface area (Å²) in [4.78, 5) is 17.4. The highest BCUT2D eigenvalue weighted by Crippen LogP contribution is 2.39. The number of carbonyl (C=O) groups is 1. The molecule has 0 spiro atoms. The van der Waals surface area contributed by atoms with Crippen molar-refractivity contribution in [2.24, 2.45) is 4.99 Å². The van der Waals surface area contributed by atoms with Gasteiger partial charge in [-0.3, -0.25) is 10.3 Å². The summed E-state index contributed by atoms with van der Waals surface area (Å²) < 4.78 is 12.6. The number of urea groups is 1. The normalized spacial score (nSPS) is 11.1. The fourth-order valence-corrected chi connectivity index (χ4v) is 4.02. The molecule has 0 unspecified atom stereocenters. The van der Waals surface area contributed by atoms with Gasteiger partial charge in [0.15, 0.2) is 5.96 Å². The second-order valence-electron chi connectivity index (χ2n) is 8.39. The van der Waals surface area contributed by atoms with Crippen LogP contribution in [0.2, 0.25) is 0 Å². The van der Waals surface area contributed by atoms with Gasteiger partial charge in [0.25, 0.3) is 0 Å². The lowest BCUT2D eigenvalue weighted by atomic mass is 10.00. The second-order valence-corrected chi connectivity index (χ2v) is 8.39. The molecule has 0 bridgehead atoms. The molecular weight excluding hydrogens is 464 g/mol. The Morgan fingerprint density at radius 1 is 0.784 bits per heavy atom. The van der Waals surface area contributed by atoms with Crippen LogP contribution in [0.1, 0.15) is 49.9 Å². The Morgan fingerprint density at radius 3 is 1.73 bits per heavy atom. The highest BCUT2D eigenvalue weighted by molar-refractivity contribution is 6.03. The first-order chi connectivity index (χ1) is 18.1. The van der Waals surface area contributed by atoms with E-state index in [0.717, 1.165) is 22.3 Å². The zero-order chi connectivity index (χ0) is 26.5. The van der Waals surface area contributed by atoms with E-state index < -0.39 is 0 Å². The van der Waals surface area contributed by atoms with E-state index in [1.807, 2.05) is 80.6 Å². The summed E-state index contributed by atoms with van der Waals surface area (Å²) >= 11 is 0. The minimum absolute atomic E-state index is 0.369. The highest BCUT2D eigenvalue weighted by Gasteiger charge is 2.21. The lowest BCUT2D eigenvalue weighted by Gasteiger charge is -2.22. The number of amides is 2. The molecule has 0 heterocycles. The molecule has 0 saturated carbocycles. The summed E-state index contributed by atoms with van der Waals surface area (Å²) in [5.41, 5.74) is 4.69. The highest BCUT2D eigenvalue weighted by atomic mass is 16.5. The van der Waals surface area contributed by atoms with Gasteiger partial charge in [-0.25, -0.2) is 4.79 Å². The van der Waals surface area contributed by atoms with Crippen molar-refractivity contribution in [2.45, 2.75) is 53.8 Å². The number of benzene rings is 3. The smallest absolute Gasteiger partial charge is 0.326 e. The van der Waals surface area contributed by atoms with Gasteiger partial charge < -0.3 is 20.1 Å². The zero-order valence-corrected chi connectivity index (χ0v) is 22.3. The van der Waals surface area contributed by atoms with Crippen molar-refractivity contribution >= 4 is 17.7 Å². The van der Waals surface area contributed by atoms with Crippen LogP contribution in [-0.2, 0) is 26.1 Å². The van der Waals surface area contributed by atoms with Gasteiger partial charge in [-0.15, -0.1) is 0 Å². The van der Waals surface area contributed by atoms with Crippen molar-refractivity contribution in [3.8, 4) is 11.5 Å². The van der Waals surface area contributed by atoms with Crippen LogP contribution in [0.25, 0.3) is 0 Å². The number of anilines is 1. The first-order valence-electron chi connectivity index (χ1n) is 13.0. The van der Waals surface area contributed by atoms with E-state index in [-0.39, 0.29) is 6.03 Å². The summed E-state index contributed by atoms with van der Waals surface area (Å²) in [6.45, 7) is 10.0. The molecule has 7 nitrogen and oxygen atoms in total. The van der Waals surface area contributed by atoms with E-state index in [4.69, 9.17) is 9.47 Å². The van der Waals surface area contributed by atoms with E-state index >= 15 is 0 Å². The zero-order valence-electron chi connectivity index (χ0n) is 22.3. The van der Waals surface area contributed by atoms with Crippen molar-refractivity contribution in [3.05, 3.63) is 89.0 Å². The Kier molecular flexibility index (Phi) is 10.8. The van der Waals surface area contributed by atoms with Crippen molar-refractivity contribution in [1.82, 2.24) is 10.6 Å². The molecule has 3 N–H and O–H groups in total. The van der Waals surface area contributed by atoms with Crippen molar-refractivity contribution in [1.29, 1.82) is 0 Å². The summed E-state index contributed by atoms with van der Waals surface area (Å²) in [5, 5.41) is 8.99. The third-order valence-corrected chi connectivity index (χ3v) is 5.77. The van der Waals surface area contributed by atoms with Gasteiger partial charge >= 0.3 is 6.03 Å². The molecule has 0 fully saturated rings. The van der Waals surface area contributed by atoms with Crippen LogP contribution in [0.15, 0.2) is 71.7 Å². The largest absolute Gasteiger partial charge is 0.488 e. The minimum atomic E-state index is -0.369. The number of rotatable bonds is 11. The van der Waals surface area contributed by atoms with E-state index in [1.54, 1.807) is 0 Å². The number of guanidine groups is 1. The summed E-state index contributed by atoms with van der Waals surface area (Å²) in [5.74, 6) is 1.82. The molecule has 7 heteroatoms. The van der Waals surface area contributed by atoms with Gasteiger partial charge in [-0.1, -0.05) is 74.5 Å². The van der Waals surface area contributed by atoms with Gasteiger partial charge in [0.2, 0.25) is 0 Å². The van der Waals surface area contributed by atoms with Crippen LogP contribution in [0, 0.1) is 0 Å². The maximum Gasteiger partial charge on any atom is 0.326 e. The summed E-state index contributed by atoms with van der Waals surface area (Å²) in [6.07, 6.45) is 1.35. The van der Waals surface area contributed by atoms with Crippen LogP contribution >= 0.6 is 0 Å². The number of ether oxygens (including phenoxy) is 2. The summed E-state index contributed by atoms with van der Waals surface area (Å²) in [6, 6.07) is 21.6. The molecule has 0 atom stereocenters. The molecule has 37 heavy (non-hydrogen) atoms. The first kappa shape index (κ1) is 27.6. The monoisotopic (exact) mass is 502 g/mol. The third-order valence-electron chi connectivity index (χ3n) is 5.77. The molecule has 0 aliphatic heterocycles. The lowest BCUT2D eigenvalue weighted by Crippen LogP contribution is -2.43. The number of nitrogens with zero attached hydrogens (tertiary/aromatic N) is 1. The standard InChI is InChI=1S/C30H38N4O3/c1-5-24-26(36-20-22-15-11-9-12-16-22)19-27(37-21-23-17-13-10-14-18-23)25(6-2)28(24)33-30(35)34-29(31-7-3)32-8-4/h9-19H,5-8,20-21H2,1-4H3,(H3,31,32,33,34,35). The van der Waals surface area contributed by atoms with Gasteiger partial charge in [0, 0.05) is 30.3 Å². The minimum Gasteiger partial charge on any atom is -0.488 e. The topological polar surface area (TPSA) is 84.0 Å². The van der Waals surface area contributed by atoms with E-state index in [9.17, 15) is 4.79 Å². The Hall–Kier alpha value is -4.00. The molecule has 2 amide bonds.